The Balaban J connectivity index is 1.38. The number of ether oxygens (including phenoxy) is 2. The van der Waals surface area contributed by atoms with Gasteiger partial charge in [0.05, 0.1) is 6.67 Å². The lowest BCUT2D eigenvalue weighted by molar-refractivity contribution is -0.116. The number of benzene rings is 3. The van der Waals surface area contributed by atoms with Gasteiger partial charge in [0, 0.05) is 43.1 Å². The van der Waals surface area contributed by atoms with E-state index in [0.29, 0.717) is 13.0 Å². The molecule has 2 aliphatic heterocycles. The summed E-state index contributed by atoms with van der Waals surface area (Å²) in [5.41, 5.74) is 5.87. The van der Waals surface area contributed by atoms with E-state index in [0.717, 1.165) is 64.5 Å². The molecular formula is C31H32FNO4. The highest BCUT2D eigenvalue weighted by atomic mass is 19.1. The van der Waals surface area contributed by atoms with Gasteiger partial charge in [-0.3, -0.25) is 14.1 Å². The Labute approximate surface area is 217 Å². The van der Waals surface area contributed by atoms with Crippen LogP contribution in [0.1, 0.15) is 42.2 Å². The van der Waals surface area contributed by atoms with Crippen LogP contribution in [0.5, 0.6) is 17.2 Å². The fourth-order valence-electron chi connectivity index (χ4n) is 5.12. The lowest BCUT2D eigenvalue weighted by Crippen LogP contribution is -2.49. The van der Waals surface area contributed by atoms with Crippen molar-refractivity contribution in [3.05, 3.63) is 89.0 Å². The van der Waals surface area contributed by atoms with Crippen molar-refractivity contribution in [3.63, 3.8) is 0 Å². The summed E-state index contributed by atoms with van der Waals surface area (Å²) in [6.45, 7) is 6.36. The zero-order valence-electron chi connectivity index (χ0n) is 21.2. The Morgan fingerprint density at radius 3 is 2.49 bits per heavy atom. The quantitative estimate of drug-likeness (QED) is 0.398. The van der Waals surface area contributed by atoms with Crippen molar-refractivity contribution in [3.8, 4) is 17.2 Å². The van der Waals surface area contributed by atoms with Crippen LogP contribution in [-0.4, -0.2) is 48.7 Å². The Hall–Kier alpha value is -3.64. The van der Waals surface area contributed by atoms with Gasteiger partial charge in [-0.2, -0.15) is 0 Å². The summed E-state index contributed by atoms with van der Waals surface area (Å²) in [6.07, 6.45) is 0.0633. The number of phenols is 1. The molecule has 1 fully saturated rings. The number of fused-ring (bicyclic) bond motifs is 1. The van der Waals surface area contributed by atoms with E-state index in [4.69, 9.17) is 9.47 Å². The molecule has 2 heterocycles. The molecule has 1 unspecified atom stereocenters. The van der Waals surface area contributed by atoms with Crippen molar-refractivity contribution in [2.45, 2.75) is 26.4 Å². The normalized spacial score (nSPS) is 17.6. The summed E-state index contributed by atoms with van der Waals surface area (Å²) in [4.78, 5) is 13.7. The second-order valence-corrected chi connectivity index (χ2v) is 9.99. The first kappa shape index (κ1) is 25.0. The third-order valence-electron chi connectivity index (χ3n) is 7.11. The molecule has 0 spiro atoms. The number of ketones is 1. The van der Waals surface area contributed by atoms with Crippen LogP contribution in [0.2, 0.25) is 0 Å². The van der Waals surface area contributed by atoms with E-state index in [9.17, 15) is 14.3 Å². The number of halogens is 1. The number of phenolic OH excluding ortho intramolecular Hbond substituents is 1. The van der Waals surface area contributed by atoms with Crippen LogP contribution in [0.4, 0.5) is 4.39 Å². The Kier molecular flexibility index (Phi) is 7.28. The fourth-order valence-corrected chi connectivity index (χ4v) is 5.12. The molecule has 192 valence electrons. The predicted octanol–water partition coefficient (Wildman–Crippen LogP) is 5.87. The number of alkyl halides is 1. The zero-order valence-corrected chi connectivity index (χ0v) is 21.2. The molecular weight excluding hydrogens is 469 g/mol. The number of likely N-dealkylation sites (tertiary alicyclic amines) is 1. The summed E-state index contributed by atoms with van der Waals surface area (Å²) >= 11 is 0. The highest BCUT2D eigenvalue weighted by Crippen LogP contribution is 2.47. The molecule has 3 aromatic carbocycles. The van der Waals surface area contributed by atoms with Crippen LogP contribution in [0, 0.1) is 5.92 Å². The minimum atomic E-state index is -0.344. The number of hydrogen-bond donors (Lipinski definition) is 1. The standard InChI is InChI=1S/C31H32FNO4/c1-20(34)15-22-3-5-24(6-4-22)30-21(2)28-16-26(35)9-12-29(28)37-31(30)25-7-10-27(11-8-25)36-14-13-33-18-23(17-32)19-33/h3-12,16,23,31,35H,13-15,17-19H2,1-2H3. The molecule has 6 heteroatoms. The molecule has 1 atom stereocenters. The minimum Gasteiger partial charge on any atom is -0.508 e. The number of hydrogen-bond acceptors (Lipinski definition) is 5. The fraction of sp³-hybridized carbons (Fsp3) is 0.323. The van der Waals surface area contributed by atoms with Gasteiger partial charge in [-0.05, 0) is 66.4 Å². The summed E-state index contributed by atoms with van der Waals surface area (Å²) in [5.74, 6) is 2.00. The maximum atomic E-state index is 12.6. The molecule has 3 aromatic rings. The third-order valence-corrected chi connectivity index (χ3v) is 7.11. The highest BCUT2D eigenvalue weighted by molar-refractivity contribution is 5.95. The smallest absolute Gasteiger partial charge is 0.150 e. The third kappa shape index (κ3) is 5.54. The molecule has 0 bridgehead atoms. The van der Waals surface area contributed by atoms with Crippen LogP contribution < -0.4 is 9.47 Å². The van der Waals surface area contributed by atoms with E-state index in [-0.39, 0.29) is 30.2 Å². The van der Waals surface area contributed by atoms with Crippen LogP contribution in [0.25, 0.3) is 11.1 Å². The van der Waals surface area contributed by atoms with Crippen LogP contribution in [-0.2, 0) is 11.2 Å². The largest absolute Gasteiger partial charge is 0.508 e. The van der Waals surface area contributed by atoms with E-state index < -0.39 is 0 Å². The number of rotatable bonds is 9. The van der Waals surface area contributed by atoms with E-state index in [1.165, 1.54) is 0 Å². The molecule has 5 nitrogen and oxygen atoms in total. The first-order chi connectivity index (χ1) is 17.9. The van der Waals surface area contributed by atoms with Crippen molar-refractivity contribution >= 4 is 16.9 Å². The summed E-state index contributed by atoms with van der Waals surface area (Å²) in [6, 6.07) is 21.1. The summed E-state index contributed by atoms with van der Waals surface area (Å²) in [7, 11) is 0. The summed E-state index contributed by atoms with van der Waals surface area (Å²) < 4.78 is 25.0. The second kappa shape index (κ2) is 10.8. The maximum absolute atomic E-state index is 12.6. The molecule has 0 radical (unpaired) electrons. The number of aromatic hydroxyl groups is 1. The van der Waals surface area contributed by atoms with Gasteiger partial charge in [-0.15, -0.1) is 0 Å². The monoisotopic (exact) mass is 501 g/mol. The minimum absolute atomic E-state index is 0.127. The second-order valence-electron chi connectivity index (χ2n) is 9.99. The Morgan fingerprint density at radius 1 is 1.08 bits per heavy atom. The predicted molar refractivity (Wildman–Crippen MR) is 143 cm³/mol. The Bertz CT molecular complexity index is 1290. The lowest BCUT2D eigenvalue weighted by Gasteiger charge is -2.37. The van der Waals surface area contributed by atoms with E-state index in [1.807, 2.05) is 55.5 Å². The molecule has 1 N–H and O–H groups in total. The molecule has 2 aliphatic rings. The Morgan fingerprint density at radius 2 is 1.81 bits per heavy atom. The van der Waals surface area contributed by atoms with Crippen molar-refractivity contribution < 1.29 is 23.8 Å². The van der Waals surface area contributed by atoms with Gasteiger partial charge < -0.3 is 14.6 Å². The topological polar surface area (TPSA) is 59.0 Å². The van der Waals surface area contributed by atoms with Gasteiger partial charge in [0.25, 0.3) is 0 Å². The van der Waals surface area contributed by atoms with Gasteiger partial charge in [-0.1, -0.05) is 36.4 Å². The lowest BCUT2D eigenvalue weighted by atomic mass is 9.85. The molecule has 0 amide bonds. The number of Topliss-reactive ketones (excluding diaryl/α,β-unsaturated/α-hetero) is 1. The average Bonchev–Trinajstić information content (AvgIpc) is 2.86. The summed E-state index contributed by atoms with van der Waals surface area (Å²) in [5, 5.41) is 10.1. The van der Waals surface area contributed by atoms with Crippen LogP contribution in [0.15, 0.2) is 66.7 Å². The van der Waals surface area contributed by atoms with Crippen molar-refractivity contribution in [2.24, 2.45) is 5.92 Å². The van der Waals surface area contributed by atoms with Crippen LogP contribution >= 0.6 is 0 Å². The van der Waals surface area contributed by atoms with Gasteiger partial charge in [0.2, 0.25) is 0 Å². The van der Waals surface area contributed by atoms with Crippen LogP contribution in [0.3, 0.4) is 0 Å². The SMILES string of the molecule is CC(=O)Cc1ccc(C2=C(C)c3cc(O)ccc3OC2c2ccc(OCCN3CC(CF)C3)cc2)cc1. The van der Waals surface area contributed by atoms with Gasteiger partial charge in [0.1, 0.15) is 35.7 Å². The van der Waals surface area contributed by atoms with E-state index in [2.05, 4.69) is 4.90 Å². The molecule has 0 aliphatic carbocycles. The molecule has 5 rings (SSSR count). The molecule has 37 heavy (non-hydrogen) atoms. The first-order valence-corrected chi connectivity index (χ1v) is 12.7. The highest BCUT2D eigenvalue weighted by Gasteiger charge is 2.30. The zero-order chi connectivity index (χ0) is 25.9. The van der Waals surface area contributed by atoms with Gasteiger partial charge in [-0.25, -0.2) is 0 Å². The maximum Gasteiger partial charge on any atom is 0.150 e. The first-order valence-electron chi connectivity index (χ1n) is 12.7. The number of carbonyl (C=O) groups is 1. The van der Waals surface area contributed by atoms with Gasteiger partial charge >= 0.3 is 0 Å². The molecule has 1 saturated heterocycles. The number of nitrogens with zero attached hydrogens (tertiary/aromatic N) is 1. The van der Waals surface area contributed by atoms with E-state index >= 15 is 0 Å². The van der Waals surface area contributed by atoms with Crippen molar-refractivity contribution in [1.29, 1.82) is 0 Å². The van der Waals surface area contributed by atoms with Gasteiger partial charge in [0.15, 0.2) is 0 Å². The van der Waals surface area contributed by atoms with Crippen molar-refractivity contribution in [2.75, 3.05) is 32.9 Å². The average molecular weight is 502 g/mol. The molecule has 0 aromatic heterocycles. The molecule has 0 saturated carbocycles. The number of allylic oxidation sites excluding steroid dienone is 1. The van der Waals surface area contributed by atoms with Crippen molar-refractivity contribution in [1.82, 2.24) is 4.90 Å². The van der Waals surface area contributed by atoms with E-state index in [1.54, 1.807) is 25.1 Å². The number of carbonyl (C=O) groups excluding carboxylic acids is 1.